The maximum Gasteiger partial charge on any atom is 0.193 e. The second-order valence-electron chi connectivity index (χ2n) is 7.30. The highest BCUT2D eigenvalue weighted by atomic mass is 32.1. The Labute approximate surface area is 141 Å². The van der Waals surface area contributed by atoms with Gasteiger partial charge in [0.25, 0.3) is 0 Å². The number of ether oxygens (including phenoxy) is 4. The fourth-order valence-corrected chi connectivity index (χ4v) is 5.47. The number of fused-ring (bicyclic) bond motifs is 2. The van der Waals surface area contributed by atoms with E-state index in [1.807, 2.05) is 0 Å². The van der Waals surface area contributed by atoms with E-state index in [9.17, 15) is 0 Å². The summed E-state index contributed by atoms with van der Waals surface area (Å²) in [7, 11) is 0. The molecule has 2 aliphatic carbocycles. The zero-order chi connectivity index (χ0) is 15.2. The van der Waals surface area contributed by atoms with E-state index in [1.165, 1.54) is 38.5 Å². The van der Waals surface area contributed by atoms with Gasteiger partial charge in [0.15, 0.2) is 12.6 Å². The molecule has 0 N–H and O–H groups in total. The topological polar surface area (TPSA) is 36.9 Å². The minimum Gasteiger partial charge on any atom is -0.347 e. The van der Waals surface area contributed by atoms with Crippen LogP contribution in [0.4, 0.5) is 0 Å². The molecule has 2 saturated carbocycles. The van der Waals surface area contributed by atoms with Crippen molar-refractivity contribution in [2.75, 3.05) is 13.2 Å². The van der Waals surface area contributed by atoms with Gasteiger partial charge in [-0.1, -0.05) is 12.8 Å². The second kappa shape index (κ2) is 6.12. The van der Waals surface area contributed by atoms with Crippen molar-refractivity contribution in [3.8, 4) is 0 Å². The van der Waals surface area contributed by atoms with Crippen LogP contribution in [0.2, 0.25) is 0 Å². The standard InChI is InChI=1S/C18H24O4S/c1-3-11-9-19-17(21-13(11)5-1)15-7-8-16(23-15)18-20-10-12-4-2-6-14(12)22-18/h7-8,11-14,17-18H,1-6,9-10H2. The largest absolute Gasteiger partial charge is 0.347 e. The number of hydrogen-bond acceptors (Lipinski definition) is 5. The summed E-state index contributed by atoms with van der Waals surface area (Å²) in [6, 6.07) is 4.24. The summed E-state index contributed by atoms with van der Waals surface area (Å²) in [6.45, 7) is 1.67. The number of rotatable bonds is 2. The van der Waals surface area contributed by atoms with E-state index in [0.29, 0.717) is 24.0 Å². The molecule has 126 valence electrons. The number of hydrogen-bond donors (Lipinski definition) is 0. The smallest absolute Gasteiger partial charge is 0.193 e. The molecule has 0 aromatic carbocycles. The SMILES string of the molecule is c1cc(C2OCC3CCCC3O2)sc1C1OCC2CCCC2O1. The Kier molecular flexibility index (Phi) is 3.95. The zero-order valence-electron chi connectivity index (χ0n) is 13.3. The van der Waals surface area contributed by atoms with Crippen LogP contribution in [0.15, 0.2) is 12.1 Å². The second-order valence-corrected chi connectivity index (χ2v) is 8.45. The predicted molar refractivity (Wildman–Crippen MR) is 86.1 cm³/mol. The molecule has 2 saturated heterocycles. The minimum atomic E-state index is -0.198. The molecule has 1 aromatic heterocycles. The van der Waals surface area contributed by atoms with Gasteiger partial charge in [0, 0.05) is 11.8 Å². The van der Waals surface area contributed by atoms with Gasteiger partial charge in [0.05, 0.1) is 35.2 Å². The van der Waals surface area contributed by atoms with Gasteiger partial charge in [-0.25, -0.2) is 0 Å². The first-order chi connectivity index (χ1) is 11.4. The zero-order valence-corrected chi connectivity index (χ0v) is 14.1. The summed E-state index contributed by atoms with van der Waals surface area (Å²) in [5.74, 6) is 1.21. The summed E-state index contributed by atoms with van der Waals surface area (Å²) >= 11 is 1.71. The van der Waals surface area contributed by atoms with Gasteiger partial charge in [0.1, 0.15) is 0 Å². The minimum absolute atomic E-state index is 0.198. The van der Waals surface area contributed by atoms with Crippen LogP contribution in [0.3, 0.4) is 0 Å². The van der Waals surface area contributed by atoms with Gasteiger partial charge in [-0.05, 0) is 37.8 Å². The van der Waals surface area contributed by atoms with Crippen molar-refractivity contribution >= 4 is 11.3 Å². The molecule has 6 unspecified atom stereocenters. The summed E-state index contributed by atoms with van der Waals surface area (Å²) in [5, 5.41) is 0. The normalized spacial score (nSPS) is 43.3. The Morgan fingerprint density at radius 1 is 0.739 bits per heavy atom. The first kappa shape index (κ1) is 14.8. The maximum atomic E-state index is 6.17. The molecule has 4 aliphatic rings. The van der Waals surface area contributed by atoms with Crippen molar-refractivity contribution in [2.24, 2.45) is 11.8 Å². The molecule has 0 bridgehead atoms. The summed E-state index contributed by atoms with van der Waals surface area (Å²) < 4.78 is 24.3. The lowest BCUT2D eigenvalue weighted by molar-refractivity contribution is -0.232. The van der Waals surface area contributed by atoms with E-state index in [1.54, 1.807) is 11.3 Å². The first-order valence-electron chi connectivity index (χ1n) is 9.00. The highest BCUT2D eigenvalue weighted by Gasteiger charge is 2.38. The molecular formula is C18H24O4S. The third-order valence-corrected chi connectivity index (χ3v) is 6.94. The van der Waals surface area contributed by atoms with Crippen molar-refractivity contribution in [3.63, 3.8) is 0 Å². The van der Waals surface area contributed by atoms with E-state index >= 15 is 0 Å². The lowest BCUT2D eigenvalue weighted by atomic mass is 10.1. The van der Waals surface area contributed by atoms with Gasteiger partial charge in [0.2, 0.25) is 0 Å². The van der Waals surface area contributed by atoms with E-state index in [-0.39, 0.29) is 12.6 Å². The molecule has 5 heteroatoms. The Balaban J connectivity index is 1.27. The monoisotopic (exact) mass is 336 g/mol. The fraction of sp³-hybridized carbons (Fsp3) is 0.778. The van der Waals surface area contributed by atoms with Gasteiger partial charge in [-0.2, -0.15) is 0 Å². The third-order valence-electron chi connectivity index (χ3n) is 5.81. The molecule has 5 rings (SSSR count). The lowest BCUT2D eigenvalue weighted by Crippen LogP contribution is -2.32. The molecule has 0 spiro atoms. The quantitative estimate of drug-likeness (QED) is 0.812. The van der Waals surface area contributed by atoms with Crippen molar-refractivity contribution in [1.82, 2.24) is 0 Å². The van der Waals surface area contributed by atoms with Gasteiger partial charge >= 0.3 is 0 Å². The Morgan fingerprint density at radius 2 is 1.26 bits per heavy atom. The Morgan fingerprint density at radius 3 is 1.78 bits per heavy atom. The summed E-state index contributed by atoms with van der Waals surface area (Å²) in [4.78, 5) is 2.29. The van der Waals surface area contributed by atoms with Gasteiger partial charge < -0.3 is 18.9 Å². The molecule has 23 heavy (non-hydrogen) atoms. The van der Waals surface area contributed by atoms with Crippen LogP contribution in [0.25, 0.3) is 0 Å². The van der Waals surface area contributed by atoms with Crippen LogP contribution in [-0.2, 0) is 18.9 Å². The fourth-order valence-electron chi connectivity index (χ4n) is 4.48. The maximum absolute atomic E-state index is 6.17. The lowest BCUT2D eigenvalue weighted by Gasteiger charge is -2.33. The molecule has 4 nitrogen and oxygen atoms in total. The van der Waals surface area contributed by atoms with Crippen LogP contribution in [0, 0.1) is 11.8 Å². The average molecular weight is 336 g/mol. The van der Waals surface area contributed by atoms with Crippen LogP contribution >= 0.6 is 11.3 Å². The summed E-state index contributed by atoms with van der Waals surface area (Å²) in [6.07, 6.45) is 7.79. The highest BCUT2D eigenvalue weighted by Crippen LogP contribution is 2.43. The van der Waals surface area contributed by atoms with Crippen molar-refractivity contribution in [2.45, 2.75) is 63.3 Å². The molecule has 3 heterocycles. The van der Waals surface area contributed by atoms with Gasteiger partial charge in [-0.3, -0.25) is 0 Å². The van der Waals surface area contributed by atoms with Gasteiger partial charge in [-0.15, -0.1) is 11.3 Å². The van der Waals surface area contributed by atoms with E-state index in [4.69, 9.17) is 18.9 Å². The Hall–Kier alpha value is -0.460. The van der Waals surface area contributed by atoms with Crippen LogP contribution in [0.1, 0.15) is 60.9 Å². The molecule has 6 atom stereocenters. The first-order valence-corrected chi connectivity index (χ1v) is 9.82. The molecule has 0 radical (unpaired) electrons. The van der Waals surface area contributed by atoms with Crippen molar-refractivity contribution < 1.29 is 18.9 Å². The molecular weight excluding hydrogens is 312 g/mol. The van der Waals surface area contributed by atoms with Crippen LogP contribution < -0.4 is 0 Å². The van der Waals surface area contributed by atoms with E-state index in [0.717, 1.165) is 23.0 Å². The molecule has 2 aliphatic heterocycles. The van der Waals surface area contributed by atoms with Crippen molar-refractivity contribution in [1.29, 1.82) is 0 Å². The predicted octanol–water partition coefficient (Wildman–Crippen LogP) is 4.18. The molecule has 0 amide bonds. The van der Waals surface area contributed by atoms with Crippen molar-refractivity contribution in [3.05, 3.63) is 21.9 Å². The Bertz CT molecular complexity index is 512. The van der Waals surface area contributed by atoms with E-state index < -0.39 is 0 Å². The van der Waals surface area contributed by atoms with E-state index in [2.05, 4.69) is 12.1 Å². The number of thiophene rings is 1. The average Bonchev–Trinajstić information content (AvgIpc) is 3.32. The highest BCUT2D eigenvalue weighted by molar-refractivity contribution is 7.12. The molecule has 4 fully saturated rings. The third kappa shape index (κ3) is 2.76. The molecule has 1 aromatic rings. The summed E-state index contributed by atoms with van der Waals surface area (Å²) in [5.41, 5.74) is 0. The van der Waals surface area contributed by atoms with Crippen LogP contribution in [-0.4, -0.2) is 25.4 Å². The van der Waals surface area contributed by atoms with Crippen LogP contribution in [0.5, 0.6) is 0 Å².